The van der Waals surface area contributed by atoms with Crippen LogP contribution in [0.3, 0.4) is 0 Å². The maximum atomic E-state index is 13.1. The second kappa shape index (κ2) is 42.0. The molecule has 1 aliphatic heterocycles. The van der Waals surface area contributed by atoms with Crippen LogP contribution in [-0.4, -0.2) is 98.7 Å². The number of nitrogens with one attached hydrogen (secondary N) is 1. The van der Waals surface area contributed by atoms with Gasteiger partial charge in [-0.1, -0.05) is 204 Å². The summed E-state index contributed by atoms with van der Waals surface area (Å²) in [5.41, 5.74) is 0. The van der Waals surface area contributed by atoms with Crippen LogP contribution in [0.1, 0.15) is 226 Å². The Morgan fingerprint density at radius 1 is 0.548 bits per heavy atom. The van der Waals surface area contributed by atoms with Crippen molar-refractivity contribution in [3.05, 3.63) is 36.5 Å². The second-order valence-corrected chi connectivity index (χ2v) is 18.1. The molecule has 0 aromatic heterocycles. The molecule has 62 heavy (non-hydrogen) atoms. The highest BCUT2D eigenvalue weighted by molar-refractivity contribution is 5.80. The number of amides is 1. The Hall–Kier alpha value is -1.63. The van der Waals surface area contributed by atoms with E-state index >= 15 is 0 Å². The number of hydrogen-bond acceptors (Lipinski definition) is 9. The Balaban J connectivity index is 2.31. The summed E-state index contributed by atoms with van der Waals surface area (Å²) in [7, 11) is 0. The van der Waals surface area contributed by atoms with Crippen molar-refractivity contribution < 1.29 is 44.9 Å². The van der Waals surface area contributed by atoms with E-state index in [1.807, 2.05) is 6.08 Å². The minimum Gasteiger partial charge on any atom is -0.394 e. The molecule has 1 saturated heterocycles. The molecule has 7 N–H and O–H groups in total. The molecule has 0 aliphatic carbocycles. The van der Waals surface area contributed by atoms with Gasteiger partial charge in [-0.15, -0.1) is 0 Å². The first-order valence-electron chi connectivity index (χ1n) is 25.8. The molecule has 0 radical (unpaired) electrons. The lowest BCUT2D eigenvalue weighted by Gasteiger charge is -2.40. The van der Waals surface area contributed by atoms with Crippen LogP contribution in [0, 0.1) is 0 Å². The van der Waals surface area contributed by atoms with Gasteiger partial charge in [-0.25, -0.2) is 0 Å². The highest BCUT2D eigenvalue weighted by Gasteiger charge is 2.44. The molecule has 8 unspecified atom stereocenters. The van der Waals surface area contributed by atoms with Crippen molar-refractivity contribution in [1.82, 2.24) is 5.32 Å². The van der Waals surface area contributed by atoms with E-state index in [1.165, 1.54) is 161 Å². The number of hydrogen-bond donors (Lipinski definition) is 7. The summed E-state index contributed by atoms with van der Waals surface area (Å²) < 4.78 is 11.1. The van der Waals surface area contributed by atoms with E-state index < -0.39 is 61.5 Å². The van der Waals surface area contributed by atoms with E-state index in [2.05, 4.69) is 43.5 Å². The first-order chi connectivity index (χ1) is 30.3. The van der Waals surface area contributed by atoms with Crippen molar-refractivity contribution in [3.63, 3.8) is 0 Å². The molecule has 0 spiro atoms. The number of aliphatic hydroxyl groups excluding tert-OH is 6. The van der Waals surface area contributed by atoms with Gasteiger partial charge in [0.1, 0.15) is 30.5 Å². The van der Waals surface area contributed by atoms with Crippen LogP contribution in [0.2, 0.25) is 0 Å². The third kappa shape index (κ3) is 31.3. The monoisotopic (exact) mass is 880 g/mol. The molecule has 1 aliphatic rings. The van der Waals surface area contributed by atoms with Gasteiger partial charge in [0, 0.05) is 0 Å². The Morgan fingerprint density at radius 3 is 1.40 bits per heavy atom. The van der Waals surface area contributed by atoms with Gasteiger partial charge >= 0.3 is 0 Å². The molecule has 1 heterocycles. The molecular weight excluding hydrogens is 783 g/mol. The first-order valence-corrected chi connectivity index (χ1v) is 25.8. The molecule has 1 fully saturated rings. The SMILES string of the molecule is CCCCCCCCC/C=C/CC/C=C/C(O)C(COC1OC(CO)C(O)C(O)C1O)NC(=O)C(O)CCCCCCCCCC/C=C\CCCCCCCCCCCCCC. The van der Waals surface area contributed by atoms with E-state index in [0.717, 1.165) is 32.1 Å². The summed E-state index contributed by atoms with van der Waals surface area (Å²) >= 11 is 0. The highest BCUT2D eigenvalue weighted by atomic mass is 16.7. The molecule has 0 aromatic carbocycles. The predicted octanol–water partition coefficient (Wildman–Crippen LogP) is 10.6. The van der Waals surface area contributed by atoms with Crippen LogP contribution in [0.15, 0.2) is 36.5 Å². The Labute approximate surface area is 379 Å². The molecule has 0 bridgehead atoms. The number of ether oxygens (including phenoxy) is 2. The average molecular weight is 880 g/mol. The summed E-state index contributed by atoms with van der Waals surface area (Å²) in [5.74, 6) is -0.628. The molecule has 364 valence electrons. The van der Waals surface area contributed by atoms with E-state index in [9.17, 15) is 35.4 Å². The molecule has 8 atom stereocenters. The van der Waals surface area contributed by atoms with Crippen molar-refractivity contribution in [2.45, 2.75) is 275 Å². The Bertz CT molecular complexity index is 1080. The Kier molecular flexibility index (Phi) is 39.6. The maximum Gasteiger partial charge on any atom is 0.249 e. The van der Waals surface area contributed by atoms with Gasteiger partial charge in [-0.2, -0.15) is 0 Å². The molecule has 1 rings (SSSR count). The molecule has 0 aromatic rings. The van der Waals surface area contributed by atoms with Crippen LogP contribution in [0.25, 0.3) is 0 Å². The first kappa shape index (κ1) is 58.4. The van der Waals surface area contributed by atoms with Crippen LogP contribution >= 0.6 is 0 Å². The zero-order chi connectivity index (χ0) is 45.3. The van der Waals surface area contributed by atoms with Crippen molar-refractivity contribution in [1.29, 1.82) is 0 Å². The second-order valence-electron chi connectivity index (χ2n) is 18.1. The molecular formula is C52H97NO9. The van der Waals surface area contributed by atoms with Gasteiger partial charge in [-0.3, -0.25) is 4.79 Å². The van der Waals surface area contributed by atoms with Crippen molar-refractivity contribution >= 4 is 5.91 Å². The van der Waals surface area contributed by atoms with Gasteiger partial charge in [0.05, 0.1) is 25.4 Å². The van der Waals surface area contributed by atoms with Gasteiger partial charge in [0.15, 0.2) is 6.29 Å². The van der Waals surface area contributed by atoms with Crippen molar-refractivity contribution in [2.75, 3.05) is 13.2 Å². The number of unbranched alkanes of at least 4 members (excludes halogenated alkanes) is 28. The van der Waals surface area contributed by atoms with Gasteiger partial charge in [-0.05, 0) is 57.8 Å². The molecule has 1 amide bonds. The highest BCUT2D eigenvalue weighted by Crippen LogP contribution is 2.23. The van der Waals surface area contributed by atoms with Crippen LogP contribution < -0.4 is 5.32 Å². The zero-order valence-corrected chi connectivity index (χ0v) is 39.7. The van der Waals surface area contributed by atoms with Gasteiger partial charge < -0.3 is 45.4 Å². The molecule has 0 saturated carbocycles. The van der Waals surface area contributed by atoms with Gasteiger partial charge in [0.2, 0.25) is 5.91 Å². The number of rotatable bonds is 43. The summed E-state index contributed by atoms with van der Waals surface area (Å²) in [5, 5.41) is 64.7. The van der Waals surface area contributed by atoms with Crippen LogP contribution in [0.4, 0.5) is 0 Å². The number of allylic oxidation sites excluding steroid dienone is 5. The van der Waals surface area contributed by atoms with Crippen LogP contribution in [-0.2, 0) is 14.3 Å². The normalized spacial score (nSPS) is 21.1. The van der Waals surface area contributed by atoms with E-state index in [0.29, 0.717) is 19.3 Å². The third-order valence-electron chi connectivity index (χ3n) is 12.3. The average Bonchev–Trinajstić information content (AvgIpc) is 3.27. The molecule has 10 nitrogen and oxygen atoms in total. The minimum absolute atomic E-state index is 0.300. The topological polar surface area (TPSA) is 169 Å². The van der Waals surface area contributed by atoms with Crippen molar-refractivity contribution in [3.8, 4) is 0 Å². The van der Waals surface area contributed by atoms with E-state index in [1.54, 1.807) is 6.08 Å². The number of carbonyl (C=O) groups is 1. The largest absolute Gasteiger partial charge is 0.394 e. The predicted molar refractivity (Wildman–Crippen MR) is 255 cm³/mol. The summed E-state index contributed by atoms with van der Waals surface area (Å²) in [6.45, 7) is 3.59. The lowest BCUT2D eigenvalue weighted by molar-refractivity contribution is -0.302. The quantitative estimate of drug-likeness (QED) is 0.0233. The zero-order valence-electron chi connectivity index (χ0n) is 39.7. The lowest BCUT2D eigenvalue weighted by atomic mass is 9.99. The van der Waals surface area contributed by atoms with E-state index in [-0.39, 0.29) is 6.61 Å². The third-order valence-corrected chi connectivity index (χ3v) is 12.3. The standard InChI is InChI=1S/C52H97NO9/c1-3-5-7-9-11-13-15-17-18-19-20-21-22-23-24-25-26-27-29-31-33-35-37-39-41-46(56)51(60)53-44(43-61-52-50(59)49(58)48(57)47(42-54)62-52)45(55)40-38-36-34-32-30-28-16-14-12-10-8-6-4-2/h23-24,30,32,38,40,44-50,52,54-59H,3-22,25-29,31,33-37,39,41-43H2,1-2H3,(H,53,60)/b24-23-,32-30+,40-38+. The van der Waals surface area contributed by atoms with Crippen molar-refractivity contribution in [2.24, 2.45) is 0 Å². The Morgan fingerprint density at radius 2 is 0.952 bits per heavy atom. The summed E-state index contributed by atoms with van der Waals surface area (Å²) in [4.78, 5) is 13.1. The minimum atomic E-state index is -1.62. The number of carbonyl (C=O) groups excluding carboxylic acids is 1. The van der Waals surface area contributed by atoms with E-state index in [4.69, 9.17) is 9.47 Å². The van der Waals surface area contributed by atoms with Gasteiger partial charge in [0.25, 0.3) is 0 Å². The fourth-order valence-corrected chi connectivity index (χ4v) is 8.06. The maximum absolute atomic E-state index is 13.1. The molecule has 10 heteroatoms. The number of aliphatic hydroxyl groups is 6. The van der Waals surface area contributed by atoms with Crippen LogP contribution in [0.5, 0.6) is 0 Å². The fraction of sp³-hybridized carbons (Fsp3) is 0.865. The fourth-order valence-electron chi connectivity index (χ4n) is 8.06. The summed E-state index contributed by atoms with van der Waals surface area (Å²) in [6, 6.07) is -0.997. The smallest absolute Gasteiger partial charge is 0.249 e. The lowest BCUT2D eigenvalue weighted by Crippen LogP contribution is -2.60. The summed E-state index contributed by atoms with van der Waals surface area (Å²) in [6.07, 6.45) is 42.4.